The second kappa shape index (κ2) is 6.74. The van der Waals surface area contributed by atoms with E-state index in [1.165, 1.54) is 16.7 Å². The van der Waals surface area contributed by atoms with Crippen LogP contribution in [0, 0.1) is 20.8 Å². The molecule has 0 radical (unpaired) electrons. The maximum Gasteiger partial charge on any atom is 0.122 e. The topological polar surface area (TPSA) is 9.23 Å². The molecule has 0 heterocycles. The smallest absolute Gasteiger partial charge is 0.122 e. The number of rotatable bonds is 1. The minimum Gasteiger partial charge on any atom is -0.496 e. The molecule has 0 saturated carbocycles. The van der Waals surface area contributed by atoms with Crippen LogP contribution in [0.15, 0.2) is 48.5 Å². The Bertz CT molecular complexity index is 446. The molecule has 0 amide bonds. The molecule has 2 aromatic rings. The van der Waals surface area contributed by atoms with Gasteiger partial charge in [0.15, 0.2) is 0 Å². The second-order valence-corrected chi connectivity index (χ2v) is 4.06. The maximum absolute atomic E-state index is 5.13. The monoisotopic (exact) mass is 228 g/mol. The fourth-order valence-corrected chi connectivity index (χ4v) is 1.48. The minimum absolute atomic E-state index is 0.972. The molecule has 0 aliphatic heterocycles. The number of hydrogen-bond acceptors (Lipinski definition) is 1. The van der Waals surface area contributed by atoms with Crippen molar-refractivity contribution in [2.75, 3.05) is 7.11 Å². The third-order valence-corrected chi connectivity index (χ3v) is 2.72. The van der Waals surface area contributed by atoms with Crippen LogP contribution in [0.4, 0.5) is 0 Å². The van der Waals surface area contributed by atoms with Crippen LogP contribution in [0.2, 0.25) is 0 Å². The zero-order valence-corrected chi connectivity index (χ0v) is 11.0. The van der Waals surface area contributed by atoms with Gasteiger partial charge in [0.25, 0.3) is 0 Å². The molecule has 0 spiro atoms. The molecule has 0 aliphatic rings. The van der Waals surface area contributed by atoms with Crippen molar-refractivity contribution in [2.45, 2.75) is 20.8 Å². The van der Waals surface area contributed by atoms with Crippen LogP contribution in [0.3, 0.4) is 0 Å². The van der Waals surface area contributed by atoms with Crippen molar-refractivity contribution in [2.24, 2.45) is 0 Å². The van der Waals surface area contributed by atoms with Crippen LogP contribution in [0.5, 0.6) is 5.75 Å². The van der Waals surface area contributed by atoms with Crippen LogP contribution < -0.4 is 4.74 Å². The lowest BCUT2D eigenvalue weighted by molar-refractivity contribution is 0.411. The molecule has 0 fully saturated rings. The summed E-state index contributed by atoms with van der Waals surface area (Å²) in [4.78, 5) is 0. The van der Waals surface area contributed by atoms with E-state index < -0.39 is 0 Å². The Balaban J connectivity index is 0.000000181. The Morgan fingerprint density at radius 1 is 0.765 bits per heavy atom. The van der Waals surface area contributed by atoms with Crippen molar-refractivity contribution in [3.63, 3.8) is 0 Å². The molecule has 2 aromatic carbocycles. The Hall–Kier alpha value is -1.76. The molecule has 1 heteroatoms. The first-order valence-corrected chi connectivity index (χ1v) is 5.77. The van der Waals surface area contributed by atoms with Crippen molar-refractivity contribution in [1.29, 1.82) is 0 Å². The average molecular weight is 228 g/mol. The molecule has 90 valence electrons. The zero-order chi connectivity index (χ0) is 12.7. The van der Waals surface area contributed by atoms with Crippen molar-refractivity contribution in [3.8, 4) is 5.75 Å². The van der Waals surface area contributed by atoms with Crippen LogP contribution in [0.1, 0.15) is 16.7 Å². The number of aryl methyl sites for hydroxylation is 2. The molecular formula is C16H20O. The van der Waals surface area contributed by atoms with Gasteiger partial charge < -0.3 is 4.74 Å². The lowest BCUT2D eigenvalue weighted by Crippen LogP contribution is -1.88. The Labute approximate surface area is 104 Å². The third-order valence-electron chi connectivity index (χ3n) is 2.72. The molecule has 17 heavy (non-hydrogen) atoms. The highest BCUT2D eigenvalue weighted by Gasteiger charge is 1.97. The fraction of sp³-hybridized carbons (Fsp3) is 0.250. The van der Waals surface area contributed by atoms with E-state index in [1.807, 2.05) is 30.3 Å². The van der Waals surface area contributed by atoms with Crippen molar-refractivity contribution < 1.29 is 4.74 Å². The lowest BCUT2D eigenvalue weighted by Gasteiger charge is -2.05. The van der Waals surface area contributed by atoms with Crippen LogP contribution in [0.25, 0.3) is 0 Å². The van der Waals surface area contributed by atoms with E-state index in [0.717, 1.165) is 5.75 Å². The molecule has 1 nitrogen and oxygen atoms in total. The summed E-state index contributed by atoms with van der Waals surface area (Å²) in [6, 6.07) is 16.3. The zero-order valence-electron chi connectivity index (χ0n) is 11.0. The summed E-state index contributed by atoms with van der Waals surface area (Å²) in [7, 11) is 1.70. The van der Waals surface area contributed by atoms with E-state index in [0.29, 0.717) is 0 Å². The first-order chi connectivity index (χ1) is 8.15. The van der Waals surface area contributed by atoms with Crippen molar-refractivity contribution in [3.05, 3.63) is 65.2 Å². The van der Waals surface area contributed by atoms with Crippen LogP contribution in [-0.2, 0) is 0 Å². The number of benzene rings is 2. The highest BCUT2D eigenvalue weighted by atomic mass is 16.5. The Morgan fingerprint density at radius 3 is 1.82 bits per heavy atom. The van der Waals surface area contributed by atoms with E-state index in [9.17, 15) is 0 Å². The number of hydrogen-bond donors (Lipinski definition) is 0. The Kier molecular flexibility index (Phi) is 5.28. The fourth-order valence-electron chi connectivity index (χ4n) is 1.48. The summed E-state index contributed by atoms with van der Waals surface area (Å²) < 4.78 is 5.13. The highest BCUT2D eigenvalue weighted by molar-refractivity contribution is 5.37. The normalized spacial score (nSPS) is 9.18. The van der Waals surface area contributed by atoms with E-state index in [2.05, 4.69) is 39.0 Å². The van der Waals surface area contributed by atoms with Gasteiger partial charge in [-0.3, -0.25) is 0 Å². The van der Waals surface area contributed by atoms with Gasteiger partial charge in [-0.15, -0.1) is 0 Å². The molecule has 0 unspecified atom stereocenters. The van der Waals surface area contributed by atoms with Crippen molar-refractivity contribution in [1.82, 2.24) is 0 Å². The van der Waals surface area contributed by atoms with Gasteiger partial charge in [-0.1, -0.05) is 48.0 Å². The first-order valence-electron chi connectivity index (χ1n) is 5.77. The molecule has 2 rings (SSSR count). The second-order valence-electron chi connectivity index (χ2n) is 4.06. The molecule has 0 N–H and O–H groups in total. The summed E-state index contributed by atoms with van der Waals surface area (Å²) >= 11 is 0. The summed E-state index contributed by atoms with van der Waals surface area (Å²) in [6.45, 7) is 6.23. The van der Waals surface area contributed by atoms with Gasteiger partial charge in [-0.05, 0) is 38.0 Å². The quantitative estimate of drug-likeness (QED) is 0.706. The molecule has 0 aromatic heterocycles. The molecule has 0 atom stereocenters. The lowest BCUT2D eigenvalue weighted by atomic mass is 10.1. The predicted molar refractivity (Wildman–Crippen MR) is 73.6 cm³/mol. The number of methoxy groups -OCH3 is 1. The molecule has 0 saturated heterocycles. The van der Waals surface area contributed by atoms with Gasteiger partial charge in [-0.2, -0.15) is 0 Å². The van der Waals surface area contributed by atoms with Gasteiger partial charge in [0.2, 0.25) is 0 Å². The van der Waals surface area contributed by atoms with Gasteiger partial charge in [-0.25, -0.2) is 0 Å². The van der Waals surface area contributed by atoms with E-state index in [-0.39, 0.29) is 0 Å². The van der Waals surface area contributed by atoms with Gasteiger partial charge in [0.05, 0.1) is 7.11 Å². The predicted octanol–water partition coefficient (Wildman–Crippen LogP) is 4.31. The van der Waals surface area contributed by atoms with Crippen LogP contribution >= 0.6 is 0 Å². The van der Waals surface area contributed by atoms with E-state index in [1.54, 1.807) is 7.11 Å². The van der Waals surface area contributed by atoms with Crippen molar-refractivity contribution >= 4 is 0 Å². The standard InChI is InChI=1S/C9H12O.C7H8/c1-7-5-4-6-9(10-3)8(7)2;1-7-5-3-2-4-6-7/h4-6H,1-3H3;2-6H,1H3. The summed E-state index contributed by atoms with van der Waals surface area (Å²) in [5.74, 6) is 0.972. The van der Waals surface area contributed by atoms with Gasteiger partial charge in [0, 0.05) is 0 Å². The molecular weight excluding hydrogens is 208 g/mol. The number of ether oxygens (including phenoxy) is 1. The largest absolute Gasteiger partial charge is 0.496 e. The highest BCUT2D eigenvalue weighted by Crippen LogP contribution is 2.19. The SMILES string of the molecule is COc1cccc(C)c1C.Cc1ccccc1. The minimum atomic E-state index is 0.972. The van der Waals surface area contributed by atoms with E-state index in [4.69, 9.17) is 4.74 Å². The van der Waals surface area contributed by atoms with Crippen LogP contribution in [-0.4, -0.2) is 7.11 Å². The molecule has 0 bridgehead atoms. The molecule has 0 aliphatic carbocycles. The summed E-state index contributed by atoms with van der Waals surface area (Å²) in [5.41, 5.74) is 3.83. The van der Waals surface area contributed by atoms with Gasteiger partial charge >= 0.3 is 0 Å². The summed E-state index contributed by atoms with van der Waals surface area (Å²) in [5, 5.41) is 0. The van der Waals surface area contributed by atoms with E-state index >= 15 is 0 Å². The Morgan fingerprint density at radius 2 is 1.41 bits per heavy atom. The third kappa shape index (κ3) is 4.31. The van der Waals surface area contributed by atoms with Gasteiger partial charge in [0.1, 0.15) is 5.75 Å². The summed E-state index contributed by atoms with van der Waals surface area (Å²) in [6.07, 6.45) is 0. The first kappa shape index (κ1) is 13.3. The maximum atomic E-state index is 5.13. The average Bonchev–Trinajstić information content (AvgIpc) is 2.34.